The van der Waals surface area contributed by atoms with Crippen molar-refractivity contribution in [3.63, 3.8) is 0 Å². The zero-order chi connectivity index (χ0) is 15.7. The third-order valence-corrected chi connectivity index (χ3v) is 6.90. The van der Waals surface area contributed by atoms with Crippen LogP contribution in [0.15, 0.2) is 34.9 Å². The lowest BCUT2D eigenvalue weighted by molar-refractivity contribution is -0.124. The summed E-state index contributed by atoms with van der Waals surface area (Å²) in [6.45, 7) is 3.58. The third kappa shape index (κ3) is 1.87. The van der Waals surface area contributed by atoms with Gasteiger partial charge < -0.3 is 9.47 Å². The fourth-order valence-corrected chi connectivity index (χ4v) is 5.63. The van der Waals surface area contributed by atoms with E-state index in [9.17, 15) is 4.79 Å². The Hall–Kier alpha value is -1.19. The van der Waals surface area contributed by atoms with Crippen LogP contribution in [0.25, 0.3) is 0 Å². The van der Waals surface area contributed by atoms with Crippen LogP contribution in [-0.4, -0.2) is 24.8 Å². The lowest BCUT2D eigenvalue weighted by atomic mass is 9.61. The summed E-state index contributed by atoms with van der Waals surface area (Å²) in [5, 5.41) is 0. The highest BCUT2D eigenvalue weighted by Crippen LogP contribution is 2.56. The van der Waals surface area contributed by atoms with E-state index in [1.54, 1.807) is 0 Å². The normalized spacial score (nSPS) is 40.9. The number of hydrogen-bond donors (Lipinski definition) is 0. The maximum atomic E-state index is 12.3. The molecule has 1 heterocycles. The van der Waals surface area contributed by atoms with Crippen molar-refractivity contribution in [3.8, 4) is 0 Å². The number of ketones is 1. The number of carbonyl (C=O) groups is 1. The number of Topliss-reactive ketones (excluding diaryl/α,β-unsaturated/α-hetero) is 1. The fourth-order valence-electron chi connectivity index (χ4n) is 5.63. The Labute approximate surface area is 137 Å². The molecule has 0 radical (unpaired) electrons. The Morgan fingerprint density at radius 3 is 2.78 bits per heavy atom. The molecule has 3 heteroatoms. The van der Waals surface area contributed by atoms with Gasteiger partial charge in [0.25, 0.3) is 0 Å². The molecule has 3 atom stereocenters. The summed E-state index contributed by atoms with van der Waals surface area (Å²) in [6.07, 6.45) is 12.8. The minimum atomic E-state index is -0.442. The number of hydrogen-bond acceptors (Lipinski definition) is 3. The Balaban J connectivity index is 1.57. The van der Waals surface area contributed by atoms with Gasteiger partial charge in [-0.1, -0.05) is 12.2 Å². The molecule has 4 aliphatic carbocycles. The first-order valence-corrected chi connectivity index (χ1v) is 9.07. The smallest absolute Gasteiger partial charge is 0.188 e. The third-order valence-electron chi connectivity index (χ3n) is 6.90. The van der Waals surface area contributed by atoms with Crippen molar-refractivity contribution in [3.05, 3.63) is 34.9 Å². The number of ether oxygens (including phenoxy) is 2. The highest BCUT2D eigenvalue weighted by molar-refractivity contribution is 5.89. The van der Waals surface area contributed by atoms with E-state index >= 15 is 0 Å². The minimum Gasteiger partial charge on any atom is -0.344 e. The van der Waals surface area contributed by atoms with Gasteiger partial charge in [0.2, 0.25) is 0 Å². The molecular weight excluding hydrogens is 288 g/mol. The summed E-state index contributed by atoms with van der Waals surface area (Å²) in [4.78, 5) is 12.3. The quantitative estimate of drug-likeness (QED) is 0.684. The maximum absolute atomic E-state index is 12.3. The summed E-state index contributed by atoms with van der Waals surface area (Å²) in [7, 11) is 0. The first kappa shape index (κ1) is 14.2. The fraction of sp³-hybridized carbons (Fsp3) is 0.650. The predicted molar refractivity (Wildman–Crippen MR) is 86.7 cm³/mol. The molecule has 5 rings (SSSR count). The Morgan fingerprint density at radius 1 is 1.13 bits per heavy atom. The van der Waals surface area contributed by atoms with Crippen molar-refractivity contribution in [2.24, 2.45) is 17.3 Å². The highest BCUT2D eigenvalue weighted by Gasteiger charge is 2.51. The second-order valence-electron chi connectivity index (χ2n) is 7.94. The molecule has 5 aliphatic rings. The molecule has 1 saturated carbocycles. The molecule has 0 aromatic carbocycles. The van der Waals surface area contributed by atoms with Crippen LogP contribution >= 0.6 is 0 Å². The van der Waals surface area contributed by atoms with Gasteiger partial charge in [-0.3, -0.25) is 4.79 Å². The first-order valence-electron chi connectivity index (χ1n) is 9.07. The molecule has 0 amide bonds. The van der Waals surface area contributed by atoms with Crippen molar-refractivity contribution in [2.75, 3.05) is 13.2 Å². The van der Waals surface area contributed by atoms with Gasteiger partial charge in [0.05, 0.1) is 13.2 Å². The van der Waals surface area contributed by atoms with Crippen LogP contribution in [0, 0.1) is 17.3 Å². The summed E-state index contributed by atoms with van der Waals surface area (Å²) in [5.74, 6) is 1.09. The number of allylic oxidation sites excluding steroid dienone is 5. The van der Waals surface area contributed by atoms with Crippen LogP contribution in [0.4, 0.5) is 0 Å². The molecule has 1 saturated heterocycles. The zero-order valence-corrected chi connectivity index (χ0v) is 13.8. The van der Waals surface area contributed by atoms with Gasteiger partial charge in [-0.15, -0.1) is 0 Å². The van der Waals surface area contributed by atoms with E-state index in [-0.39, 0.29) is 5.41 Å². The molecule has 3 nitrogen and oxygen atoms in total. The second-order valence-corrected chi connectivity index (χ2v) is 7.94. The van der Waals surface area contributed by atoms with Crippen molar-refractivity contribution in [2.45, 2.75) is 51.2 Å². The minimum absolute atomic E-state index is 0.205. The number of fused-ring (bicyclic) bond motifs is 4. The van der Waals surface area contributed by atoms with Gasteiger partial charge in [0.1, 0.15) is 5.78 Å². The van der Waals surface area contributed by atoms with E-state index in [1.807, 2.05) is 0 Å². The molecular formula is C20H24O3. The van der Waals surface area contributed by atoms with Gasteiger partial charge in [-0.25, -0.2) is 0 Å². The Bertz CT molecular complexity index is 662. The van der Waals surface area contributed by atoms with E-state index in [4.69, 9.17) is 9.47 Å². The van der Waals surface area contributed by atoms with E-state index in [0.29, 0.717) is 30.8 Å². The summed E-state index contributed by atoms with van der Waals surface area (Å²) >= 11 is 0. The van der Waals surface area contributed by atoms with Crippen LogP contribution in [0.1, 0.15) is 45.4 Å². The predicted octanol–water partition coefficient (Wildman–Crippen LogP) is 3.71. The van der Waals surface area contributed by atoms with Gasteiger partial charge in [0, 0.05) is 18.3 Å². The van der Waals surface area contributed by atoms with E-state index in [1.165, 1.54) is 23.1 Å². The monoisotopic (exact) mass is 312 g/mol. The van der Waals surface area contributed by atoms with E-state index in [0.717, 1.165) is 32.1 Å². The van der Waals surface area contributed by atoms with Crippen LogP contribution in [0.5, 0.6) is 0 Å². The summed E-state index contributed by atoms with van der Waals surface area (Å²) in [6, 6.07) is 0. The van der Waals surface area contributed by atoms with E-state index < -0.39 is 5.79 Å². The maximum Gasteiger partial charge on any atom is 0.188 e. The summed E-state index contributed by atoms with van der Waals surface area (Å²) in [5.41, 5.74) is 4.25. The van der Waals surface area contributed by atoms with Gasteiger partial charge in [-0.2, -0.15) is 0 Å². The highest BCUT2D eigenvalue weighted by atomic mass is 16.7. The number of rotatable bonds is 0. The Morgan fingerprint density at radius 2 is 1.96 bits per heavy atom. The first-order chi connectivity index (χ1) is 11.1. The molecule has 0 aromatic rings. The van der Waals surface area contributed by atoms with Crippen LogP contribution in [0.3, 0.4) is 0 Å². The lowest BCUT2D eigenvalue weighted by Crippen LogP contribution is -2.38. The van der Waals surface area contributed by atoms with Crippen LogP contribution in [0.2, 0.25) is 0 Å². The SMILES string of the molecule is CC12C=CC3=C4CCC5(C=C4CC[C@H]3[C@@H]1CCC2=O)OCCO5. The molecule has 23 heavy (non-hydrogen) atoms. The lowest BCUT2D eigenvalue weighted by Gasteiger charge is -2.44. The van der Waals surface area contributed by atoms with Gasteiger partial charge in [-0.05, 0) is 67.2 Å². The summed E-state index contributed by atoms with van der Waals surface area (Å²) < 4.78 is 11.8. The van der Waals surface area contributed by atoms with Crippen molar-refractivity contribution >= 4 is 5.78 Å². The average Bonchev–Trinajstić information content (AvgIpc) is 3.12. The molecule has 0 bridgehead atoms. The largest absolute Gasteiger partial charge is 0.344 e. The molecule has 0 N–H and O–H groups in total. The van der Waals surface area contributed by atoms with Gasteiger partial charge >= 0.3 is 0 Å². The van der Waals surface area contributed by atoms with Crippen molar-refractivity contribution in [1.82, 2.24) is 0 Å². The molecule has 1 spiro atoms. The number of carbonyl (C=O) groups excluding carboxylic acids is 1. The van der Waals surface area contributed by atoms with Crippen LogP contribution in [-0.2, 0) is 14.3 Å². The molecule has 1 aliphatic heterocycles. The van der Waals surface area contributed by atoms with Crippen molar-refractivity contribution in [1.29, 1.82) is 0 Å². The Kier molecular flexibility index (Phi) is 2.88. The van der Waals surface area contributed by atoms with Crippen LogP contribution < -0.4 is 0 Å². The average molecular weight is 312 g/mol. The molecule has 2 fully saturated rings. The zero-order valence-electron chi connectivity index (χ0n) is 13.8. The second kappa shape index (κ2) is 4.67. The van der Waals surface area contributed by atoms with E-state index in [2.05, 4.69) is 25.2 Å². The topological polar surface area (TPSA) is 35.5 Å². The molecule has 1 unspecified atom stereocenters. The van der Waals surface area contributed by atoms with Gasteiger partial charge in [0.15, 0.2) is 5.79 Å². The van der Waals surface area contributed by atoms with Crippen molar-refractivity contribution < 1.29 is 14.3 Å². The molecule has 122 valence electrons. The molecule has 0 aromatic heterocycles. The standard InChI is InChI=1S/C20H24O3/c1-19-8-6-15-14-7-9-20(22-10-11-23-20)12-13(14)2-3-16(15)17(19)4-5-18(19)21/h6,8,12,16-17H,2-5,7,9-11H2,1H3/t16-,17+,19?/m1/s1.